The third-order valence-electron chi connectivity index (χ3n) is 5.90. The summed E-state index contributed by atoms with van der Waals surface area (Å²) in [5.41, 5.74) is 3.42. The van der Waals surface area contributed by atoms with Gasteiger partial charge in [-0.2, -0.15) is 0 Å². The van der Waals surface area contributed by atoms with Crippen molar-refractivity contribution in [3.8, 4) is 11.1 Å². The van der Waals surface area contributed by atoms with E-state index in [0.29, 0.717) is 6.54 Å². The van der Waals surface area contributed by atoms with Gasteiger partial charge in [-0.3, -0.25) is 14.7 Å². The monoisotopic (exact) mass is 403 g/mol. The number of nitrogens with zero attached hydrogens (tertiary/aromatic N) is 2. The number of rotatable bonds is 5. The third-order valence-corrected chi connectivity index (χ3v) is 5.90. The molecule has 1 atom stereocenters. The molecule has 1 amide bonds. The van der Waals surface area contributed by atoms with Crippen LogP contribution in [-0.4, -0.2) is 35.9 Å². The predicted octanol–water partition coefficient (Wildman–Crippen LogP) is 4.17. The molecule has 0 bridgehead atoms. The lowest BCUT2D eigenvalue weighted by molar-refractivity contribution is -0.128. The maximum absolute atomic E-state index is 13.3. The second-order valence-electron chi connectivity index (χ2n) is 7.90. The molecule has 5 heteroatoms. The van der Waals surface area contributed by atoms with Gasteiger partial charge in [0.2, 0.25) is 5.91 Å². The zero-order chi connectivity index (χ0) is 21.0. The number of carbonyl (C=O) groups excluding carboxylic acids is 1. The molecule has 4 nitrogen and oxygen atoms in total. The summed E-state index contributed by atoms with van der Waals surface area (Å²) in [5, 5.41) is 2.86. The lowest BCUT2D eigenvalue weighted by Crippen LogP contribution is -2.54. The normalized spacial score (nSPS) is 19.4. The van der Waals surface area contributed by atoms with Gasteiger partial charge in [-0.15, -0.1) is 0 Å². The molecule has 1 N–H and O–H groups in total. The summed E-state index contributed by atoms with van der Waals surface area (Å²) >= 11 is 0. The van der Waals surface area contributed by atoms with E-state index in [4.69, 9.17) is 0 Å². The molecule has 1 saturated heterocycles. The molecule has 1 fully saturated rings. The van der Waals surface area contributed by atoms with Crippen molar-refractivity contribution in [3.63, 3.8) is 0 Å². The topological polar surface area (TPSA) is 45.2 Å². The number of likely N-dealkylation sites (tertiary alicyclic amines) is 1. The molecule has 154 valence electrons. The smallest absolute Gasteiger partial charge is 0.233 e. The van der Waals surface area contributed by atoms with Gasteiger partial charge in [0.05, 0.1) is 5.69 Å². The van der Waals surface area contributed by atoms with Crippen molar-refractivity contribution in [2.45, 2.75) is 24.8 Å². The average Bonchev–Trinajstić information content (AvgIpc) is 2.80. The number of nitrogens with one attached hydrogen (secondary N) is 1. The van der Waals surface area contributed by atoms with Crippen LogP contribution in [0.25, 0.3) is 11.1 Å². The SMILES string of the molecule is CNC(=O)C1(c2ccccn2)CCCN(Cc2cccc(-c3ccc(F)cc3)c2)C1. The lowest BCUT2D eigenvalue weighted by Gasteiger charge is -2.41. The molecule has 30 heavy (non-hydrogen) atoms. The molecule has 1 aromatic heterocycles. The Morgan fingerprint density at radius 2 is 1.93 bits per heavy atom. The number of piperidine rings is 1. The third kappa shape index (κ3) is 4.12. The standard InChI is InChI=1S/C25H26FN3O/c1-27-24(30)25(23-8-2-3-14-28-23)13-5-15-29(18-25)17-19-6-4-7-21(16-19)20-9-11-22(26)12-10-20/h2-4,6-12,14,16H,5,13,15,17-18H2,1H3,(H,27,30). The summed E-state index contributed by atoms with van der Waals surface area (Å²) in [6.45, 7) is 2.32. The fraction of sp³-hybridized carbons (Fsp3) is 0.280. The number of amides is 1. The highest BCUT2D eigenvalue weighted by Gasteiger charge is 2.44. The molecule has 3 aromatic rings. The summed E-state index contributed by atoms with van der Waals surface area (Å²) in [6, 6.07) is 20.6. The summed E-state index contributed by atoms with van der Waals surface area (Å²) in [6.07, 6.45) is 3.47. The van der Waals surface area contributed by atoms with Crippen molar-refractivity contribution in [1.29, 1.82) is 0 Å². The highest BCUT2D eigenvalue weighted by molar-refractivity contribution is 5.88. The first-order valence-corrected chi connectivity index (χ1v) is 10.3. The predicted molar refractivity (Wildman–Crippen MR) is 116 cm³/mol. The molecule has 2 aromatic carbocycles. The highest BCUT2D eigenvalue weighted by Crippen LogP contribution is 2.34. The van der Waals surface area contributed by atoms with Crippen LogP contribution in [0.3, 0.4) is 0 Å². The van der Waals surface area contributed by atoms with Gasteiger partial charge in [0.25, 0.3) is 0 Å². The fourth-order valence-corrected chi connectivity index (χ4v) is 4.42. The molecule has 2 heterocycles. The van der Waals surface area contributed by atoms with Crippen LogP contribution in [-0.2, 0) is 16.8 Å². The van der Waals surface area contributed by atoms with Gasteiger partial charge in [0.15, 0.2) is 0 Å². The molecule has 0 spiro atoms. The number of likely N-dealkylation sites (N-methyl/N-ethyl adjacent to an activating group) is 1. The second-order valence-corrected chi connectivity index (χ2v) is 7.90. The van der Waals surface area contributed by atoms with Crippen molar-refractivity contribution < 1.29 is 9.18 Å². The summed E-state index contributed by atoms with van der Waals surface area (Å²) in [4.78, 5) is 19.8. The van der Waals surface area contributed by atoms with Gasteiger partial charge < -0.3 is 5.32 Å². The van der Waals surface area contributed by atoms with Gasteiger partial charge >= 0.3 is 0 Å². The van der Waals surface area contributed by atoms with E-state index in [-0.39, 0.29) is 11.7 Å². The minimum atomic E-state index is -0.636. The van der Waals surface area contributed by atoms with Gasteiger partial charge in [-0.05, 0) is 66.4 Å². The summed E-state index contributed by atoms with van der Waals surface area (Å²) in [5.74, 6) is -0.214. The first-order chi connectivity index (χ1) is 14.6. The quantitative estimate of drug-likeness (QED) is 0.696. The first-order valence-electron chi connectivity index (χ1n) is 10.3. The molecule has 0 radical (unpaired) electrons. The summed E-state index contributed by atoms with van der Waals surface area (Å²) in [7, 11) is 1.69. The van der Waals surface area contributed by atoms with Crippen LogP contribution in [0.15, 0.2) is 72.9 Å². The van der Waals surface area contributed by atoms with Crippen LogP contribution in [0, 0.1) is 5.82 Å². The van der Waals surface area contributed by atoms with E-state index in [1.807, 2.05) is 30.3 Å². The zero-order valence-corrected chi connectivity index (χ0v) is 17.1. The van der Waals surface area contributed by atoms with E-state index < -0.39 is 5.41 Å². The molecule has 1 aliphatic rings. The Morgan fingerprint density at radius 3 is 2.67 bits per heavy atom. The van der Waals surface area contributed by atoms with E-state index in [1.165, 1.54) is 17.7 Å². The maximum Gasteiger partial charge on any atom is 0.233 e. The fourth-order valence-electron chi connectivity index (χ4n) is 4.42. The van der Waals surface area contributed by atoms with Crippen molar-refractivity contribution in [1.82, 2.24) is 15.2 Å². The number of benzene rings is 2. The lowest BCUT2D eigenvalue weighted by atomic mass is 9.75. The van der Waals surface area contributed by atoms with E-state index in [2.05, 4.69) is 27.3 Å². The number of aromatic nitrogens is 1. The Labute approximate surface area is 176 Å². The molecule has 0 aliphatic carbocycles. The minimum Gasteiger partial charge on any atom is -0.358 e. The van der Waals surface area contributed by atoms with E-state index in [0.717, 1.165) is 42.8 Å². The number of pyridine rings is 1. The number of carbonyl (C=O) groups is 1. The van der Waals surface area contributed by atoms with Crippen LogP contribution in [0.1, 0.15) is 24.1 Å². The Kier molecular flexibility index (Phi) is 5.91. The summed E-state index contributed by atoms with van der Waals surface area (Å²) < 4.78 is 13.3. The Morgan fingerprint density at radius 1 is 1.10 bits per heavy atom. The van der Waals surface area contributed by atoms with Gasteiger partial charge in [0.1, 0.15) is 11.2 Å². The van der Waals surface area contributed by atoms with Crippen LogP contribution in [0.2, 0.25) is 0 Å². The Hall–Kier alpha value is -3.05. The molecular formula is C25H26FN3O. The van der Waals surface area contributed by atoms with Crippen LogP contribution in [0.4, 0.5) is 4.39 Å². The average molecular weight is 404 g/mol. The largest absolute Gasteiger partial charge is 0.358 e. The zero-order valence-electron chi connectivity index (χ0n) is 17.1. The van der Waals surface area contributed by atoms with Crippen molar-refractivity contribution in [2.24, 2.45) is 0 Å². The van der Waals surface area contributed by atoms with Crippen molar-refractivity contribution in [3.05, 3.63) is 90.0 Å². The van der Waals surface area contributed by atoms with Gasteiger partial charge in [-0.25, -0.2) is 4.39 Å². The minimum absolute atomic E-state index is 0.0194. The second kappa shape index (κ2) is 8.76. The molecule has 1 unspecified atom stereocenters. The molecular weight excluding hydrogens is 377 g/mol. The van der Waals surface area contributed by atoms with Gasteiger partial charge in [0, 0.05) is 26.3 Å². The number of halogens is 1. The van der Waals surface area contributed by atoms with Crippen molar-refractivity contribution in [2.75, 3.05) is 20.1 Å². The van der Waals surface area contributed by atoms with E-state index in [9.17, 15) is 9.18 Å². The van der Waals surface area contributed by atoms with E-state index >= 15 is 0 Å². The molecule has 1 aliphatic heterocycles. The molecule has 0 saturated carbocycles. The van der Waals surface area contributed by atoms with Crippen LogP contribution >= 0.6 is 0 Å². The van der Waals surface area contributed by atoms with Crippen molar-refractivity contribution >= 4 is 5.91 Å². The number of hydrogen-bond acceptors (Lipinski definition) is 3. The maximum atomic E-state index is 13.3. The highest BCUT2D eigenvalue weighted by atomic mass is 19.1. The van der Waals surface area contributed by atoms with Gasteiger partial charge in [-0.1, -0.05) is 36.4 Å². The first kappa shape index (κ1) is 20.2. The van der Waals surface area contributed by atoms with Crippen LogP contribution in [0.5, 0.6) is 0 Å². The van der Waals surface area contributed by atoms with E-state index in [1.54, 1.807) is 25.4 Å². The molecule has 4 rings (SSSR count). The number of hydrogen-bond donors (Lipinski definition) is 1. The van der Waals surface area contributed by atoms with Crippen LogP contribution < -0.4 is 5.32 Å². The Balaban J connectivity index is 1.57. The Bertz CT molecular complexity index is 1010.